The van der Waals surface area contributed by atoms with Crippen molar-refractivity contribution in [3.63, 3.8) is 0 Å². The number of hydrogen-bond acceptors (Lipinski definition) is 5. The summed E-state index contributed by atoms with van der Waals surface area (Å²) in [6.45, 7) is 2.86. The largest absolute Gasteiger partial charge is 0.493 e. The Balaban J connectivity index is 1.60. The van der Waals surface area contributed by atoms with Gasteiger partial charge in [0.05, 0.1) is 26.7 Å². The number of amides is 1. The Morgan fingerprint density at radius 2 is 1.96 bits per heavy atom. The number of rotatable bonds is 8. The molecule has 0 aliphatic carbocycles. The van der Waals surface area contributed by atoms with E-state index in [1.165, 1.54) is 17.7 Å². The summed E-state index contributed by atoms with van der Waals surface area (Å²) in [7, 11) is 3.21. The summed E-state index contributed by atoms with van der Waals surface area (Å²) < 4.78 is 10.6. The molecule has 1 aromatic heterocycles. The highest BCUT2D eigenvalue weighted by molar-refractivity contribution is 7.10. The molecule has 6 heteroatoms. The number of ether oxygens (including phenoxy) is 2. The zero-order valence-electron chi connectivity index (χ0n) is 15.4. The summed E-state index contributed by atoms with van der Waals surface area (Å²) in [6, 6.07) is 10.1. The highest BCUT2D eigenvalue weighted by Gasteiger charge is 2.24. The van der Waals surface area contributed by atoms with Crippen molar-refractivity contribution in [3.05, 3.63) is 46.2 Å². The van der Waals surface area contributed by atoms with Crippen molar-refractivity contribution < 1.29 is 14.3 Å². The maximum absolute atomic E-state index is 12.5. The number of carbonyl (C=O) groups excluding carboxylic acids is 1. The number of carbonyl (C=O) groups is 1. The van der Waals surface area contributed by atoms with Gasteiger partial charge in [-0.05, 0) is 55.1 Å². The lowest BCUT2D eigenvalue weighted by Crippen LogP contribution is -2.37. The van der Waals surface area contributed by atoms with E-state index in [0.717, 1.165) is 18.7 Å². The van der Waals surface area contributed by atoms with Crippen LogP contribution in [-0.4, -0.2) is 44.7 Å². The molecule has 1 fully saturated rings. The Labute approximate surface area is 158 Å². The molecule has 2 heterocycles. The first kappa shape index (κ1) is 18.7. The molecule has 1 amide bonds. The van der Waals surface area contributed by atoms with Gasteiger partial charge < -0.3 is 14.8 Å². The second-order valence-electron chi connectivity index (χ2n) is 6.44. The molecular weight excluding hydrogens is 348 g/mol. The molecule has 1 atom stereocenters. The molecule has 1 saturated heterocycles. The second kappa shape index (κ2) is 9.05. The van der Waals surface area contributed by atoms with Crippen molar-refractivity contribution in [2.45, 2.75) is 25.3 Å². The first-order valence-electron chi connectivity index (χ1n) is 8.96. The van der Waals surface area contributed by atoms with Crippen LogP contribution < -0.4 is 14.8 Å². The molecule has 1 aliphatic heterocycles. The molecule has 1 aliphatic rings. The first-order chi connectivity index (χ1) is 12.7. The average Bonchev–Trinajstić information content (AvgIpc) is 3.36. The van der Waals surface area contributed by atoms with E-state index < -0.39 is 0 Å². The van der Waals surface area contributed by atoms with Gasteiger partial charge in [0.2, 0.25) is 5.91 Å². The number of thiophene rings is 1. The van der Waals surface area contributed by atoms with Crippen LogP contribution in [0.15, 0.2) is 35.7 Å². The zero-order valence-corrected chi connectivity index (χ0v) is 16.2. The van der Waals surface area contributed by atoms with Gasteiger partial charge >= 0.3 is 0 Å². The highest BCUT2D eigenvalue weighted by Crippen LogP contribution is 2.29. The minimum absolute atomic E-state index is 0.0259. The molecular formula is C20H26N2O3S. The predicted molar refractivity (Wildman–Crippen MR) is 104 cm³/mol. The van der Waals surface area contributed by atoms with E-state index in [4.69, 9.17) is 9.47 Å². The Kier molecular flexibility index (Phi) is 6.52. The van der Waals surface area contributed by atoms with Gasteiger partial charge in [-0.25, -0.2) is 0 Å². The van der Waals surface area contributed by atoms with Crippen LogP contribution in [0.2, 0.25) is 0 Å². The third kappa shape index (κ3) is 4.56. The summed E-state index contributed by atoms with van der Waals surface area (Å²) in [5.41, 5.74) is 0.911. The fraction of sp³-hybridized carbons (Fsp3) is 0.450. The van der Waals surface area contributed by atoms with Gasteiger partial charge in [0, 0.05) is 11.4 Å². The Hall–Kier alpha value is -2.05. The summed E-state index contributed by atoms with van der Waals surface area (Å²) in [5, 5.41) is 5.22. The van der Waals surface area contributed by atoms with Crippen molar-refractivity contribution in [3.8, 4) is 11.5 Å². The molecule has 1 unspecified atom stereocenters. The van der Waals surface area contributed by atoms with E-state index in [9.17, 15) is 4.79 Å². The van der Waals surface area contributed by atoms with Crippen LogP contribution >= 0.6 is 11.3 Å². The third-order valence-corrected chi connectivity index (χ3v) is 5.73. The molecule has 26 heavy (non-hydrogen) atoms. The lowest BCUT2D eigenvalue weighted by atomic mass is 10.1. The van der Waals surface area contributed by atoms with Gasteiger partial charge in [0.25, 0.3) is 0 Å². The Morgan fingerprint density at radius 3 is 2.62 bits per heavy atom. The first-order valence-corrected chi connectivity index (χ1v) is 9.84. The average molecular weight is 375 g/mol. The van der Waals surface area contributed by atoms with Gasteiger partial charge in [-0.3, -0.25) is 9.69 Å². The van der Waals surface area contributed by atoms with E-state index in [1.54, 1.807) is 25.6 Å². The van der Waals surface area contributed by atoms with Crippen LogP contribution in [0.4, 0.5) is 0 Å². The SMILES string of the molecule is COc1ccc(CC(=O)NCC(c2cccs2)N2CCCC2)cc1OC. The lowest BCUT2D eigenvalue weighted by molar-refractivity contribution is -0.120. The van der Waals surface area contributed by atoms with Crippen molar-refractivity contribution in [1.82, 2.24) is 10.2 Å². The Bertz CT molecular complexity index is 712. The number of hydrogen-bond donors (Lipinski definition) is 1. The molecule has 140 valence electrons. The summed E-state index contributed by atoms with van der Waals surface area (Å²) in [5.74, 6) is 1.34. The van der Waals surface area contributed by atoms with E-state index >= 15 is 0 Å². The van der Waals surface area contributed by atoms with Crippen LogP contribution in [0.5, 0.6) is 11.5 Å². The minimum Gasteiger partial charge on any atom is -0.493 e. The van der Waals surface area contributed by atoms with E-state index in [-0.39, 0.29) is 11.9 Å². The van der Waals surface area contributed by atoms with Gasteiger partial charge in [-0.1, -0.05) is 12.1 Å². The quantitative estimate of drug-likeness (QED) is 0.771. The molecule has 0 radical (unpaired) electrons. The molecule has 0 bridgehead atoms. The highest BCUT2D eigenvalue weighted by atomic mass is 32.1. The topological polar surface area (TPSA) is 50.8 Å². The maximum atomic E-state index is 12.5. The van der Waals surface area contributed by atoms with Crippen molar-refractivity contribution in [2.24, 2.45) is 0 Å². The van der Waals surface area contributed by atoms with Crippen LogP contribution in [0, 0.1) is 0 Å². The van der Waals surface area contributed by atoms with Crippen molar-refractivity contribution in [2.75, 3.05) is 33.9 Å². The fourth-order valence-corrected chi connectivity index (χ4v) is 4.25. The molecule has 2 aromatic rings. The van der Waals surface area contributed by atoms with Gasteiger partial charge in [0.1, 0.15) is 0 Å². The fourth-order valence-electron chi connectivity index (χ4n) is 3.39. The molecule has 0 spiro atoms. The predicted octanol–water partition coefficient (Wildman–Crippen LogP) is 3.26. The van der Waals surface area contributed by atoms with E-state index in [0.29, 0.717) is 24.5 Å². The molecule has 3 rings (SSSR count). The molecule has 1 N–H and O–H groups in total. The van der Waals surface area contributed by atoms with Crippen molar-refractivity contribution >= 4 is 17.2 Å². The minimum atomic E-state index is 0.0259. The summed E-state index contributed by atoms with van der Waals surface area (Å²) >= 11 is 1.76. The summed E-state index contributed by atoms with van der Waals surface area (Å²) in [6.07, 6.45) is 2.81. The van der Waals surface area contributed by atoms with Crippen LogP contribution in [0.3, 0.4) is 0 Å². The van der Waals surface area contributed by atoms with Crippen LogP contribution in [-0.2, 0) is 11.2 Å². The van der Waals surface area contributed by atoms with Gasteiger partial charge in [-0.2, -0.15) is 0 Å². The number of likely N-dealkylation sites (tertiary alicyclic amines) is 1. The maximum Gasteiger partial charge on any atom is 0.224 e. The normalized spacial score (nSPS) is 15.6. The molecule has 1 aromatic carbocycles. The molecule has 0 saturated carbocycles. The number of nitrogens with zero attached hydrogens (tertiary/aromatic N) is 1. The summed E-state index contributed by atoms with van der Waals surface area (Å²) in [4.78, 5) is 16.2. The van der Waals surface area contributed by atoms with Crippen LogP contribution in [0.1, 0.15) is 29.3 Å². The lowest BCUT2D eigenvalue weighted by Gasteiger charge is -2.27. The number of benzene rings is 1. The van der Waals surface area contributed by atoms with E-state index in [1.807, 2.05) is 18.2 Å². The second-order valence-corrected chi connectivity index (χ2v) is 7.42. The van der Waals surface area contributed by atoms with E-state index in [2.05, 4.69) is 27.7 Å². The molecule has 5 nitrogen and oxygen atoms in total. The third-order valence-electron chi connectivity index (χ3n) is 4.76. The standard InChI is InChI=1S/C20H26N2O3S/c1-24-17-8-7-15(12-18(17)25-2)13-20(23)21-14-16(19-6-5-11-26-19)22-9-3-4-10-22/h5-8,11-12,16H,3-4,9-10,13-14H2,1-2H3,(H,21,23). The number of nitrogens with one attached hydrogen (secondary N) is 1. The monoisotopic (exact) mass is 374 g/mol. The number of methoxy groups -OCH3 is 2. The zero-order chi connectivity index (χ0) is 18.4. The Morgan fingerprint density at radius 1 is 1.19 bits per heavy atom. The van der Waals surface area contributed by atoms with Crippen LogP contribution in [0.25, 0.3) is 0 Å². The van der Waals surface area contributed by atoms with Gasteiger partial charge in [-0.15, -0.1) is 11.3 Å². The van der Waals surface area contributed by atoms with Crippen molar-refractivity contribution in [1.29, 1.82) is 0 Å². The smallest absolute Gasteiger partial charge is 0.224 e. The van der Waals surface area contributed by atoms with Gasteiger partial charge in [0.15, 0.2) is 11.5 Å².